The highest BCUT2D eigenvalue weighted by atomic mass is 16.3. The van der Waals surface area contributed by atoms with Crippen molar-refractivity contribution in [3.05, 3.63) is 41.7 Å². The molecule has 0 spiro atoms. The number of hydrogen-bond acceptors (Lipinski definition) is 4. The highest BCUT2D eigenvalue weighted by Crippen LogP contribution is 2.28. The number of para-hydroxylation sites is 1. The van der Waals surface area contributed by atoms with Crippen molar-refractivity contribution in [1.82, 2.24) is 14.7 Å². The number of nitrogen functional groups attached to an aromatic ring is 1. The first kappa shape index (κ1) is 14.9. The molecule has 0 aliphatic carbocycles. The van der Waals surface area contributed by atoms with Gasteiger partial charge in [0.1, 0.15) is 5.75 Å². The Hall–Kier alpha value is -2.50. The monoisotopic (exact) mass is 288 g/mol. The van der Waals surface area contributed by atoms with Gasteiger partial charge in [-0.2, -0.15) is 5.10 Å². The number of aromatic nitrogens is 2. The molecule has 0 fully saturated rings. The Labute approximate surface area is 123 Å². The zero-order valence-corrected chi connectivity index (χ0v) is 12.4. The van der Waals surface area contributed by atoms with Crippen LogP contribution in [0.1, 0.15) is 35.9 Å². The molecule has 2 aromatic rings. The van der Waals surface area contributed by atoms with Crippen molar-refractivity contribution in [3.8, 4) is 5.75 Å². The van der Waals surface area contributed by atoms with Crippen LogP contribution in [0.2, 0.25) is 0 Å². The van der Waals surface area contributed by atoms with E-state index in [1.54, 1.807) is 36.1 Å². The number of carbonyl (C=O) groups excluding carboxylic acids is 1. The van der Waals surface area contributed by atoms with Gasteiger partial charge in [0.15, 0.2) is 5.69 Å². The summed E-state index contributed by atoms with van der Waals surface area (Å²) >= 11 is 0. The molecule has 1 amide bonds. The van der Waals surface area contributed by atoms with E-state index in [1.807, 2.05) is 19.9 Å². The lowest BCUT2D eigenvalue weighted by Gasteiger charge is -2.25. The van der Waals surface area contributed by atoms with Crippen LogP contribution in [0.3, 0.4) is 0 Å². The largest absolute Gasteiger partial charge is 0.508 e. The molecule has 21 heavy (non-hydrogen) atoms. The second-order valence-electron chi connectivity index (χ2n) is 4.94. The number of phenolic OH excluding ortho intramolecular Hbond substituents is 1. The van der Waals surface area contributed by atoms with E-state index < -0.39 is 0 Å². The van der Waals surface area contributed by atoms with Crippen molar-refractivity contribution >= 4 is 11.6 Å². The van der Waals surface area contributed by atoms with Crippen molar-refractivity contribution in [2.45, 2.75) is 26.4 Å². The fourth-order valence-corrected chi connectivity index (χ4v) is 2.16. The molecule has 1 aromatic carbocycles. The molecule has 0 saturated heterocycles. The first-order valence-electron chi connectivity index (χ1n) is 6.83. The summed E-state index contributed by atoms with van der Waals surface area (Å²) in [5.41, 5.74) is 7.12. The average molecular weight is 288 g/mol. The summed E-state index contributed by atoms with van der Waals surface area (Å²) in [6.45, 7) is 4.42. The van der Waals surface area contributed by atoms with E-state index in [4.69, 9.17) is 5.73 Å². The predicted molar refractivity (Wildman–Crippen MR) is 80.9 cm³/mol. The smallest absolute Gasteiger partial charge is 0.276 e. The molecule has 0 aliphatic rings. The van der Waals surface area contributed by atoms with Gasteiger partial charge in [-0.15, -0.1) is 0 Å². The van der Waals surface area contributed by atoms with Crippen LogP contribution in [-0.2, 0) is 6.54 Å². The van der Waals surface area contributed by atoms with Crippen LogP contribution in [0.25, 0.3) is 0 Å². The number of nitrogens with zero attached hydrogens (tertiary/aromatic N) is 3. The minimum Gasteiger partial charge on any atom is -0.508 e. The molecule has 0 aliphatic heterocycles. The van der Waals surface area contributed by atoms with Crippen molar-refractivity contribution in [3.63, 3.8) is 0 Å². The number of benzene rings is 1. The topological polar surface area (TPSA) is 84.4 Å². The van der Waals surface area contributed by atoms with Crippen molar-refractivity contribution in [1.29, 1.82) is 0 Å². The van der Waals surface area contributed by atoms with Crippen LogP contribution < -0.4 is 5.73 Å². The molecule has 6 nitrogen and oxygen atoms in total. The van der Waals surface area contributed by atoms with Crippen LogP contribution in [0.4, 0.5) is 5.69 Å². The minimum absolute atomic E-state index is 0.164. The average Bonchev–Trinajstić information content (AvgIpc) is 2.86. The molecule has 1 unspecified atom stereocenters. The number of carbonyl (C=O) groups is 1. The third kappa shape index (κ3) is 2.84. The second kappa shape index (κ2) is 5.87. The fraction of sp³-hybridized carbons (Fsp3) is 0.333. The Morgan fingerprint density at radius 3 is 2.71 bits per heavy atom. The van der Waals surface area contributed by atoms with E-state index in [-0.39, 0.29) is 23.4 Å². The van der Waals surface area contributed by atoms with Crippen LogP contribution in [-0.4, -0.2) is 32.7 Å². The molecule has 2 rings (SSSR count). The van der Waals surface area contributed by atoms with E-state index in [2.05, 4.69) is 5.10 Å². The SMILES string of the molecule is CCn1cc(N)c(C(=O)N(C)C(C)c2ccccc2O)n1. The van der Waals surface area contributed by atoms with E-state index in [0.29, 0.717) is 17.8 Å². The maximum Gasteiger partial charge on any atom is 0.276 e. The molecular weight excluding hydrogens is 268 g/mol. The normalized spacial score (nSPS) is 12.1. The minimum atomic E-state index is -0.287. The maximum absolute atomic E-state index is 12.5. The Kier molecular flexibility index (Phi) is 4.16. The van der Waals surface area contributed by atoms with Gasteiger partial charge in [-0.05, 0) is 19.9 Å². The molecule has 0 saturated carbocycles. The zero-order valence-electron chi connectivity index (χ0n) is 12.4. The molecule has 6 heteroatoms. The highest BCUT2D eigenvalue weighted by Gasteiger charge is 2.24. The summed E-state index contributed by atoms with van der Waals surface area (Å²) in [5.74, 6) is -0.104. The summed E-state index contributed by atoms with van der Waals surface area (Å²) in [7, 11) is 1.67. The number of amides is 1. The Balaban J connectivity index is 2.26. The summed E-state index contributed by atoms with van der Waals surface area (Å²) in [6, 6.07) is 6.67. The molecule has 1 aromatic heterocycles. The number of aromatic hydroxyl groups is 1. The van der Waals surface area contributed by atoms with E-state index in [1.165, 1.54) is 4.90 Å². The van der Waals surface area contributed by atoms with Crippen LogP contribution in [0, 0.1) is 0 Å². The van der Waals surface area contributed by atoms with Crippen molar-refractivity contribution in [2.24, 2.45) is 0 Å². The quantitative estimate of drug-likeness (QED) is 0.901. The van der Waals surface area contributed by atoms with Gasteiger partial charge in [0.05, 0.1) is 11.7 Å². The van der Waals surface area contributed by atoms with Crippen molar-refractivity contribution < 1.29 is 9.90 Å². The Morgan fingerprint density at radius 2 is 2.14 bits per heavy atom. The Bertz CT molecular complexity index is 651. The summed E-state index contributed by atoms with van der Waals surface area (Å²) in [5, 5.41) is 14.1. The summed E-state index contributed by atoms with van der Waals surface area (Å²) in [6.07, 6.45) is 1.64. The van der Waals surface area contributed by atoms with Gasteiger partial charge in [0.25, 0.3) is 5.91 Å². The fourth-order valence-electron chi connectivity index (χ4n) is 2.16. The van der Waals surface area contributed by atoms with Gasteiger partial charge in [0, 0.05) is 25.4 Å². The number of aryl methyl sites for hydroxylation is 1. The Morgan fingerprint density at radius 1 is 1.48 bits per heavy atom. The van der Waals surface area contributed by atoms with Gasteiger partial charge in [-0.1, -0.05) is 18.2 Å². The number of anilines is 1. The maximum atomic E-state index is 12.5. The number of hydrogen-bond donors (Lipinski definition) is 2. The third-order valence-corrected chi connectivity index (χ3v) is 3.60. The van der Waals surface area contributed by atoms with E-state index in [9.17, 15) is 9.90 Å². The van der Waals surface area contributed by atoms with Crippen LogP contribution in [0.15, 0.2) is 30.5 Å². The first-order chi connectivity index (χ1) is 9.95. The molecule has 0 bridgehead atoms. The van der Waals surface area contributed by atoms with Crippen LogP contribution >= 0.6 is 0 Å². The van der Waals surface area contributed by atoms with Gasteiger partial charge in [0.2, 0.25) is 0 Å². The van der Waals surface area contributed by atoms with E-state index in [0.717, 1.165) is 0 Å². The molecule has 112 valence electrons. The molecular formula is C15H20N4O2. The number of nitrogens with two attached hydrogens (primary N) is 1. The van der Waals surface area contributed by atoms with Gasteiger partial charge >= 0.3 is 0 Å². The van der Waals surface area contributed by atoms with Gasteiger partial charge in [-0.3, -0.25) is 9.48 Å². The number of phenols is 1. The van der Waals surface area contributed by atoms with Gasteiger partial charge < -0.3 is 15.7 Å². The predicted octanol–water partition coefficient (Wildman–Crippen LogP) is 2.02. The standard InChI is InChI=1S/C15H20N4O2/c1-4-19-9-12(16)14(17-19)15(21)18(3)10(2)11-7-5-6-8-13(11)20/h5-10,20H,4,16H2,1-3H3. The van der Waals surface area contributed by atoms with Crippen LogP contribution in [0.5, 0.6) is 5.75 Å². The van der Waals surface area contributed by atoms with E-state index >= 15 is 0 Å². The summed E-state index contributed by atoms with van der Waals surface area (Å²) < 4.78 is 1.63. The zero-order chi connectivity index (χ0) is 15.6. The third-order valence-electron chi connectivity index (χ3n) is 3.60. The lowest BCUT2D eigenvalue weighted by Crippen LogP contribution is -2.30. The molecule has 1 atom stereocenters. The second-order valence-corrected chi connectivity index (χ2v) is 4.94. The molecule has 1 heterocycles. The molecule has 3 N–H and O–H groups in total. The number of rotatable bonds is 4. The lowest BCUT2D eigenvalue weighted by molar-refractivity contribution is 0.0735. The summed E-state index contributed by atoms with van der Waals surface area (Å²) in [4.78, 5) is 14.0. The van der Waals surface area contributed by atoms with Crippen molar-refractivity contribution in [2.75, 3.05) is 12.8 Å². The lowest BCUT2D eigenvalue weighted by atomic mass is 10.1. The highest BCUT2D eigenvalue weighted by molar-refractivity contribution is 5.97. The first-order valence-corrected chi connectivity index (χ1v) is 6.83. The van der Waals surface area contributed by atoms with Gasteiger partial charge in [-0.25, -0.2) is 0 Å². The molecule has 0 radical (unpaired) electrons.